The van der Waals surface area contributed by atoms with Gasteiger partial charge in [0.25, 0.3) is 11.4 Å². The Balaban J connectivity index is 1.58. The van der Waals surface area contributed by atoms with Crippen molar-refractivity contribution < 1.29 is 4.42 Å². The predicted molar refractivity (Wildman–Crippen MR) is 123 cm³/mol. The van der Waals surface area contributed by atoms with Crippen LogP contribution in [0.1, 0.15) is 37.1 Å². The number of hydrogen-bond acceptors (Lipinski definition) is 7. The lowest BCUT2D eigenvalue weighted by molar-refractivity contribution is 0.406. The predicted octanol–water partition coefficient (Wildman–Crippen LogP) is 3.06. The number of piperidine rings is 1. The fourth-order valence-electron chi connectivity index (χ4n) is 4.66. The van der Waals surface area contributed by atoms with Crippen molar-refractivity contribution in [3.8, 4) is 22.6 Å². The highest BCUT2D eigenvalue weighted by Crippen LogP contribution is 2.30. The van der Waals surface area contributed by atoms with Crippen LogP contribution in [-0.4, -0.2) is 43.9 Å². The van der Waals surface area contributed by atoms with Crippen molar-refractivity contribution in [1.82, 2.24) is 24.8 Å². The van der Waals surface area contributed by atoms with Crippen LogP contribution in [-0.2, 0) is 0 Å². The zero-order valence-electron chi connectivity index (χ0n) is 18.3. The van der Waals surface area contributed by atoms with Crippen LogP contribution in [0.2, 0.25) is 0 Å². The molecular formula is C23H27N7O2. The molecule has 4 heterocycles. The number of benzene rings is 1. The lowest BCUT2D eigenvalue weighted by Gasteiger charge is -2.34. The summed E-state index contributed by atoms with van der Waals surface area (Å²) in [5, 5.41) is 11.6. The molecule has 9 heteroatoms. The average molecular weight is 434 g/mol. The summed E-state index contributed by atoms with van der Waals surface area (Å²) in [6, 6.07) is 10.6. The standard InChI is InChI=1S/C23H27N7O2/c1-14-19(21-26-27-23(32-21)29-13-7-6-10-17(29)11-12-24)22(31)30-20(25-14)18(15(2)28-30)16-8-4-3-5-9-16/h3-5,8-9,17,28H,6-7,10-13,24H2,1-2H3. The second-order valence-corrected chi connectivity index (χ2v) is 8.32. The average Bonchev–Trinajstić information content (AvgIpc) is 3.40. The molecule has 1 aromatic carbocycles. The summed E-state index contributed by atoms with van der Waals surface area (Å²) in [5.41, 5.74) is 9.75. The van der Waals surface area contributed by atoms with E-state index in [9.17, 15) is 4.79 Å². The van der Waals surface area contributed by atoms with Crippen LogP contribution in [0.25, 0.3) is 28.2 Å². The molecule has 3 aromatic heterocycles. The number of hydrogen-bond donors (Lipinski definition) is 2. The molecule has 1 unspecified atom stereocenters. The molecule has 1 aliphatic heterocycles. The van der Waals surface area contributed by atoms with Crippen LogP contribution in [0.3, 0.4) is 0 Å². The topological polar surface area (TPSA) is 118 Å². The van der Waals surface area contributed by atoms with Crippen molar-refractivity contribution in [2.24, 2.45) is 5.73 Å². The van der Waals surface area contributed by atoms with Gasteiger partial charge < -0.3 is 15.1 Å². The molecule has 1 atom stereocenters. The smallest absolute Gasteiger partial charge is 0.318 e. The van der Waals surface area contributed by atoms with Gasteiger partial charge in [-0.2, -0.15) is 0 Å². The first-order valence-electron chi connectivity index (χ1n) is 11.1. The molecule has 0 saturated carbocycles. The largest absolute Gasteiger partial charge is 0.403 e. The van der Waals surface area contributed by atoms with Gasteiger partial charge in [0.2, 0.25) is 0 Å². The number of aryl methyl sites for hydroxylation is 2. The third kappa shape index (κ3) is 3.38. The first-order valence-corrected chi connectivity index (χ1v) is 11.1. The number of rotatable bonds is 5. The van der Waals surface area contributed by atoms with Gasteiger partial charge in [-0.15, -0.1) is 5.10 Å². The highest BCUT2D eigenvalue weighted by molar-refractivity contribution is 5.80. The van der Waals surface area contributed by atoms with Gasteiger partial charge in [0, 0.05) is 23.8 Å². The summed E-state index contributed by atoms with van der Waals surface area (Å²) in [4.78, 5) is 20.3. The number of anilines is 1. The zero-order chi connectivity index (χ0) is 22.2. The lowest BCUT2D eigenvalue weighted by atomic mass is 10.00. The second kappa shape index (κ2) is 8.23. The van der Waals surface area contributed by atoms with E-state index in [-0.39, 0.29) is 17.5 Å². The lowest BCUT2D eigenvalue weighted by Crippen LogP contribution is -2.41. The maximum Gasteiger partial charge on any atom is 0.318 e. The maximum absolute atomic E-state index is 13.4. The van der Waals surface area contributed by atoms with Gasteiger partial charge in [-0.25, -0.2) is 9.50 Å². The number of H-pyrrole nitrogens is 1. The normalized spacial score (nSPS) is 16.7. The summed E-state index contributed by atoms with van der Waals surface area (Å²) in [6.07, 6.45) is 4.15. The summed E-state index contributed by atoms with van der Waals surface area (Å²) < 4.78 is 7.47. The minimum absolute atomic E-state index is 0.190. The second-order valence-electron chi connectivity index (χ2n) is 8.32. The number of nitrogens with zero attached hydrogens (tertiary/aromatic N) is 5. The molecule has 0 spiro atoms. The Bertz CT molecular complexity index is 1300. The van der Waals surface area contributed by atoms with Crippen molar-refractivity contribution in [3.63, 3.8) is 0 Å². The van der Waals surface area contributed by atoms with Crippen LogP contribution in [0.4, 0.5) is 6.01 Å². The Labute approximate surface area is 185 Å². The number of aromatic amines is 1. The van der Waals surface area contributed by atoms with Gasteiger partial charge in [0.05, 0.1) is 5.69 Å². The molecule has 3 N–H and O–H groups in total. The summed E-state index contributed by atoms with van der Waals surface area (Å²) in [5.74, 6) is 0.190. The van der Waals surface area contributed by atoms with Gasteiger partial charge >= 0.3 is 6.01 Å². The van der Waals surface area contributed by atoms with Gasteiger partial charge in [-0.1, -0.05) is 35.4 Å². The first-order chi connectivity index (χ1) is 15.6. The third-order valence-corrected chi connectivity index (χ3v) is 6.21. The quantitative estimate of drug-likeness (QED) is 0.496. The van der Waals surface area contributed by atoms with Crippen molar-refractivity contribution in [3.05, 3.63) is 52.1 Å². The Morgan fingerprint density at radius 3 is 2.75 bits per heavy atom. The molecule has 5 rings (SSSR count). The Kier molecular flexibility index (Phi) is 5.26. The molecule has 0 bridgehead atoms. The fourth-order valence-corrected chi connectivity index (χ4v) is 4.66. The molecule has 0 amide bonds. The first kappa shape index (κ1) is 20.4. The van der Waals surface area contributed by atoms with Crippen LogP contribution < -0.4 is 16.2 Å². The molecule has 1 saturated heterocycles. The van der Waals surface area contributed by atoms with Gasteiger partial charge in [0.15, 0.2) is 5.65 Å². The van der Waals surface area contributed by atoms with E-state index in [2.05, 4.69) is 20.2 Å². The third-order valence-electron chi connectivity index (χ3n) is 6.21. The highest BCUT2D eigenvalue weighted by Gasteiger charge is 2.28. The summed E-state index contributed by atoms with van der Waals surface area (Å²) in [6.45, 7) is 5.19. The van der Waals surface area contributed by atoms with Crippen LogP contribution >= 0.6 is 0 Å². The SMILES string of the molecule is Cc1nc2c(-c3ccccc3)c(C)[nH]n2c(=O)c1-c1nnc(N2CCCCC2CCN)o1. The van der Waals surface area contributed by atoms with E-state index in [0.29, 0.717) is 29.5 Å². The Hall–Kier alpha value is -3.46. The van der Waals surface area contributed by atoms with E-state index in [1.807, 2.05) is 37.3 Å². The van der Waals surface area contributed by atoms with Crippen LogP contribution in [0, 0.1) is 13.8 Å². The van der Waals surface area contributed by atoms with E-state index in [4.69, 9.17) is 15.1 Å². The van der Waals surface area contributed by atoms with Crippen molar-refractivity contribution in [2.75, 3.05) is 18.0 Å². The molecule has 1 fully saturated rings. The minimum atomic E-state index is -0.259. The molecule has 166 valence electrons. The fraction of sp³-hybridized carbons (Fsp3) is 0.391. The molecule has 1 aliphatic rings. The van der Waals surface area contributed by atoms with E-state index in [1.165, 1.54) is 10.9 Å². The van der Waals surface area contributed by atoms with E-state index in [0.717, 1.165) is 42.6 Å². The van der Waals surface area contributed by atoms with Gasteiger partial charge in [0.1, 0.15) is 5.56 Å². The minimum Gasteiger partial charge on any atom is -0.403 e. The monoisotopic (exact) mass is 433 g/mol. The number of aromatic nitrogens is 5. The molecule has 4 aromatic rings. The van der Waals surface area contributed by atoms with E-state index >= 15 is 0 Å². The highest BCUT2D eigenvalue weighted by atomic mass is 16.4. The van der Waals surface area contributed by atoms with Crippen molar-refractivity contribution in [2.45, 2.75) is 45.6 Å². The van der Waals surface area contributed by atoms with E-state index < -0.39 is 0 Å². The summed E-state index contributed by atoms with van der Waals surface area (Å²) in [7, 11) is 0. The van der Waals surface area contributed by atoms with Gasteiger partial charge in [-0.05, 0) is 51.6 Å². The van der Waals surface area contributed by atoms with Gasteiger partial charge in [-0.3, -0.25) is 9.89 Å². The molecule has 32 heavy (non-hydrogen) atoms. The zero-order valence-corrected chi connectivity index (χ0v) is 18.3. The Morgan fingerprint density at radius 2 is 1.97 bits per heavy atom. The molecule has 0 radical (unpaired) electrons. The summed E-state index contributed by atoms with van der Waals surface area (Å²) >= 11 is 0. The van der Waals surface area contributed by atoms with Crippen molar-refractivity contribution in [1.29, 1.82) is 0 Å². The molecule has 9 nitrogen and oxygen atoms in total. The maximum atomic E-state index is 13.4. The number of nitrogens with two attached hydrogens (primary N) is 1. The van der Waals surface area contributed by atoms with E-state index in [1.54, 1.807) is 6.92 Å². The molecule has 0 aliphatic carbocycles. The number of nitrogens with one attached hydrogen (secondary N) is 1. The number of fused-ring (bicyclic) bond motifs is 1. The van der Waals surface area contributed by atoms with Crippen LogP contribution in [0.15, 0.2) is 39.5 Å². The van der Waals surface area contributed by atoms with Crippen LogP contribution in [0.5, 0.6) is 0 Å². The Morgan fingerprint density at radius 1 is 1.16 bits per heavy atom. The molecular weight excluding hydrogens is 406 g/mol. The van der Waals surface area contributed by atoms with Crippen molar-refractivity contribution >= 4 is 11.7 Å².